The number of aryl methyl sites for hydroxylation is 1. The van der Waals surface area contributed by atoms with Gasteiger partial charge in [-0.1, -0.05) is 24.3 Å². The van der Waals surface area contributed by atoms with Gasteiger partial charge in [0.1, 0.15) is 11.3 Å². The first-order valence-electron chi connectivity index (χ1n) is 8.83. The average molecular weight is 349 g/mol. The van der Waals surface area contributed by atoms with Gasteiger partial charge in [-0.15, -0.1) is 0 Å². The number of pyridine rings is 1. The predicted molar refractivity (Wildman–Crippen MR) is 108 cm³/mol. The quantitative estimate of drug-likeness (QED) is 0.570. The van der Waals surface area contributed by atoms with Crippen LogP contribution < -0.4 is 5.49 Å². The number of aromatic nitrogens is 2. The third-order valence-electron chi connectivity index (χ3n) is 4.68. The van der Waals surface area contributed by atoms with E-state index >= 15 is 0 Å². The molecule has 0 fully saturated rings. The molecule has 0 saturated heterocycles. The zero-order valence-corrected chi connectivity index (χ0v) is 16.2. The van der Waals surface area contributed by atoms with E-state index in [1.807, 2.05) is 23.6 Å². The fraction of sp³-hybridized carbons (Fsp3) is 0.333. The van der Waals surface area contributed by atoms with Crippen LogP contribution in [-0.4, -0.2) is 41.0 Å². The van der Waals surface area contributed by atoms with Crippen molar-refractivity contribution in [2.75, 3.05) is 21.1 Å². The summed E-state index contributed by atoms with van der Waals surface area (Å²) in [6, 6.07) is 14.8. The molecule has 0 aliphatic rings. The van der Waals surface area contributed by atoms with Gasteiger partial charge in [-0.3, -0.25) is 15.0 Å². The zero-order valence-electron chi connectivity index (χ0n) is 16.2. The molecule has 3 aromatic rings. The molecule has 3 rings (SSSR count). The van der Waals surface area contributed by atoms with E-state index in [2.05, 4.69) is 65.8 Å². The molecule has 136 valence electrons. The summed E-state index contributed by atoms with van der Waals surface area (Å²) in [5.74, 6) is 0.825. The van der Waals surface area contributed by atoms with Crippen molar-refractivity contribution in [3.63, 3.8) is 0 Å². The number of nitrogens with zero attached hydrogens (tertiary/aromatic N) is 4. The minimum Gasteiger partial charge on any atom is -0.339 e. The molecule has 0 aliphatic carbocycles. The fourth-order valence-corrected chi connectivity index (χ4v) is 3.43. The van der Waals surface area contributed by atoms with Crippen LogP contribution in [0.2, 0.25) is 0 Å². The normalized spacial score (nSPS) is 12.3. The Morgan fingerprint density at radius 2 is 1.81 bits per heavy atom. The van der Waals surface area contributed by atoms with Crippen molar-refractivity contribution in [2.24, 2.45) is 4.99 Å². The summed E-state index contributed by atoms with van der Waals surface area (Å²) >= 11 is 0. The molecule has 2 aromatic heterocycles. The minimum absolute atomic E-state index is 0.450. The van der Waals surface area contributed by atoms with Crippen LogP contribution in [0, 0.1) is 12.3 Å². The highest BCUT2D eigenvalue weighted by molar-refractivity contribution is 5.92. The van der Waals surface area contributed by atoms with Crippen molar-refractivity contribution >= 4 is 16.9 Å². The summed E-state index contributed by atoms with van der Waals surface area (Å²) in [5.41, 5.74) is 6.39. The second kappa shape index (κ2) is 7.30. The van der Waals surface area contributed by atoms with Crippen molar-refractivity contribution in [1.29, 1.82) is 5.41 Å². The summed E-state index contributed by atoms with van der Waals surface area (Å²) in [7, 11) is 5.94. The Hall–Kier alpha value is -2.66. The van der Waals surface area contributed by atoms with Gasteiger partial charge in [0.15, 0.2) is 0 Å². The molecule has 0 atom stereocenters. The summed E-state index contributed by atoms with van der Waals surface area (Å²) in [6.07, 6.45) is 0. The molecule has 26 heavy (non-hydrogen) atoms. The number of benzene rings is 1. The first-order chi connectivity index (χ1) is 12.4. The fourth-order valence-electron chi connectivity index (χ4n) is 3.43. The molecule has 5 nitrogen and oxygen atoms in total. The second-order valence-electron chi connectivity index (χ2n) is 7.02. The lowest BCUT2D eigenvalue weighted by Crippen LogP contribution is -2.24. The second-order valence-corrected chi connectivity index (χ2v) is 7.02. The molecular weight excluding hydrogens is 322 g/mol. The first kappa shape index (κ1) is 18.1. The number of aliphatic imine (C=N–C) groups is 1. The van der Waals surface area contributed by atoms with Gasteiger partial charge in [0, 0.05) is 25.8 Å². The summed E-state index contributed by atoms with van der Waals surface area (Å²) in [5, 5.41) is 8.25. The number of nitrogens with one attached hydrogen (secondary N) is 1. The van der Waals surface area contributed by atoms with Crippen molar-refractivity contribution < 1.29 is 0 Å². The summed E-state index contributed by atoms with van der Waals surface area (Å²) < 4.78 is 4.21. The van der Waals surface area contributed by atoms with Gasteiger partial charge in [0.25, 0.3) is 0 Å². The van der Waals surface area contributed by atoms with E-state index in [1.165, 1.54) is 16.8 Å². The van der Waals surface area contributed by atoms with Crippen molar-refractivity contribution in [2.45, 2.75) is 26.9 Å². The third kappa shape index (κ3) is 3.48. The Morgan fingerprint density at radius 3 is 2.50 bits per heavy atom. The Bertz CT molecular complexity index is 1020. The number of rotatable bonds is 4. The summed E-state index contributed by atoms with van der Waals surface area (Å²) in [6.45, 7) is 5.81. The number of hydrogen-bond donors (Lipinski definition) is 1. The van der Waals surface area contributed by atoms with Gasteiger partial charge >= 0.3 is 0 Å². The highest BCUT2D eigenvalue weighted by Crippen LogP contribution is 2.20. The molecule has 0 unspecified atom stereocenters. The number of fused-ring (bicyclic) bond motifs is 1. The van der Waals surface area contributed by atoms with Crippen LogP contribution in [0.25, 0.3) is 11.0 Å². The topological polar surface area (TPSA) is 49.3 Å². The van der Waals surface area contributed by atoms with E-state index in [-0.39, 0.29) is 0 Å². The van der Waals surface area contributed by atoms with Gasteiger partial charge in [0.2, 0.25) is 0 Å². The molecule has 0 aliphatic heterocycles. The average Bonchev–Trinajstić information content (AvgIpc) is 2.89. The molecule has 1 N–H and O–H groups in total. The molecular formula is C21H27N5. The molecule has 5 heteroatoms. The first-order valence-corrected chi connectivity index (χ1v) is 8.83. The van der Waals surface area contributed by atoms with E-state index in [4.69, 9.17) is 5.41 Å². The van der Waals surface area contributed by atoms with E-state index in [9.17, 15) is 0 Å². The zero-order chi connectivity index (χ0) is 18.8. The van der Waals surface area contributed by atoms with E-state index in [0.29, 0.717) is 5.49 Å². The van der Waals surface area contributed by atoms with Crippen molar-refractivity contribution in [1.82, 2.24) is 14.0 Å². The summed E-state index contributed by atoms with van der Waals surface area (Å²) in [4.78, 5) is 6.46. The lowest BCUT2D eigenvalue weighted by Gasteiger charge is -2.13. The van der Waals surface area contributed by atoms with Crippen molar-refractivity contribution in [3.05, 3.63) is 64.8 Å². The largest absolute Gasteiger partial charge is 0.339 e. The monoisotopic (exact) mass is 349 g/mol. The minimum atomic E-state index is 0.450. The lowest BCUT2D eigenvalue weighted by molar-refractivity contribution is 0.402. The van der Waals surface area contributed by atoms with Gasteiger partial charge in [-0.25, -0.2) is 0 Å². The maximum absolute atomic E-state index is 8.25. The Kier molecular flexibility index (Phi) is 5.09. The van der Waals surface area contributed by atoms with E-state index < -0.39 is 0 Å². The Balaban J connectivity index is 2.07. The van der Waals surface area contributed by atoms with Crippen LogP contribution >= 0.6 is 0 Å². The molecule has 2 heterocycles. The van der Waals surface area contributed by atoms with Gasteiger partial charge in [-0.2, -0.15) is 0 Å². The SMILES string of the molecule is CN=C(C)n1c(=N)ccc2c1cc(C)n2Cc1cccc(CN(C)C)c1. The van der Waals surface area contributed by atoms with Crippen LogP contribution in [0.4, 0.5) is 0 Å². The lowest BCUT2D eigenvalue weighted by atomic mass is 10.1. The highest BCUT2D eigenvalue weighted by Gasteiger charge is 2.11. The third-order valence-corrected chi connectivity index (χ3v) is 4.68. The van der Waals surface area contributed by atoms with Crippen LogP contribution in [0.15, 0.2) is 47.5 Å². The predicted octanol–water partition coefficient (Wildman–Crippen LogP) is 3.24. The molecule has 0 amide bonds. The van der Waals surface area contributed by atoms with E-state index in [1.54, 1.807) is 7.05 Å². The van der Waals surface area contributed by atoms with Crippen LogP contribution in [0.1, 0.15) is 23.7 Å². The smallest absolute Gasteiger partial charge is 0.130 e. The Labute approximate surface area is 154 Å². The Morgan fingerprint density at radius 1 is 1.08 bits per heavy atom. The highest BCUT2D eigenvalue weighted by atomic mass is 15.1. The number of hydrogen-bond acceptors (Lipinski definition) is 3. The standard InChI is InChI=1S/C21H27N5/c1-15-11-20-19(9-10-21(22)26(20)16(2)23-3)25(15)14-18-8-6-7-17(12-18)13-24(4)5/h6-12,22H,13-14H2,1-5H3. The molecule has 0 radical (unpaired) electrons. The molecule has 0 spiro atoms. The van der Waals surface area contributed by atoms with Crippen LogP contribution in [-0.2, 0) is 13.1 Å². The van der Waals surface area contributed by atoms with Crippen LogP contribution in [0.3, 0.4) is 0 Å². The molecule has 1 aromatic carbocycles. The van der Waals surface area contributed by atoms with Crippen LogP contribution in [0.5, 0.6) is 0 Å². The van der Waals surface area contributed by atoms with Gasteiger partial charge < -0.3 is 9.47 Å². The molecule has 0 bridgehead atoms. The van der Waals surface area contributed by atoms with Gasteiger partial charge in [-0.05, 0) is 57.3 Å². The van der Waals surface area contributed by atoms with E-state index in [0.717, 1.165) is 30.0 Å². The van der Waals surface area contributed by atoms with Crippen molar-refractivity contribution in [3.8, 4) is 0 Å². The maximum atomic E-state index is 8.25. The van der Waals surface area contributed by atoms with Gasteiger partial charge in [0.05, 0.1) is 11.0 Å². The molecule has 0 saturated carbocycles. The maximum Gasteiger partial charge on any atom is 0.130 e.